The summed E-state index contributed by atoms with van der Waals surface area (Å²) in [4.78, 5) is 9.39. The summed E-state index contributed by atoms with van der Waals surface area (Å²) >= 11 is 0. The molecule has 26 heavy (non-hydrogen) atoms. The van der Waals surface area contributed by atoms with Crippen molar-refractivity contribution >= 4 is 29.9 Å². The van der Waals surface area contributed by atoms with E-state index in [1.54, 1.807) is 6.07 Å². The van der Waals surface area contributed by atoms with E-state index in [9.17, 15) is 4.39 Å². The van der Waals surface area contributed by atoms with Crippen molar-refractivity contribution in [2.75, 3.05) is 39.8 Å². The minimum Gasteiger partial charge on any atom is -0.355 e. The van der Waals surface area contributed by atoms with Crippen molar-refractivity contribution in [3.05, 3.63) is 47.8 Å². The van der Waals surface area contributed by atoms with Crippen LogP contribution in [0.4, 0.5) is 4.39 Å². The molecular weight excluding hydrogens is 442 g/mol. The lowest BCUT2D eigenvalue weighted by molar-refractivity contribution is 0.259. The van der Waals surface area contributed by atoms with E-state index in [0.717, 1.165) is 57.1 Å². The topological polar surface area (TPSA) is 30.9 Å². The highest BCUT2D eigenvalue weighted by atomic mass is 127. The fourth-order valence-electron chi connectivity index (χ4n) is 4.14. The molecule has 2 heterocycles. The molecule has 1 N–H and O–H groups in total. The Morgan fingerprint density at radius 1 is 1.31 bits per heavy atom. The van der Waals surface area contributed by atoms with Gasteiger partial charge in [-0.3, -0.25) is 9.89 Å². The van der Waals surface area contributed by atoms with Gasteiger partial charge in [-0.2, -0.15) is 0 Å². The van der Waals surface area contributed by atoms with E-state index in [0.29, 0.717) is 6.04 Å². The molecule has 1 aliphatic carbocycles. The quantitative estimate of drug-likeness (QED) is 0.318. The zero-order chi connectivity index (χ0) is 17.3. The molecule has 4 nitrogen and oxygen atoms in total. The van der Waals surface area contributed by atoms with Crippen LogP contribution in [0.1, 0.15) is 24.8 Å². The van der Waals surface area contributed by atoms with Gasteiger partial charge in [0.25, 0.3) is 0 Å². The maximum absolute atomic E-state index is 13.6. The molecule has 0 bridgehead atoms. The zero-order valence-corrected chi connectivity index (χ0v) is 17.7. The van der Waals surface area contributed by atoms with Gasteiger partial charge in [0, 0.05) is 51.2 Å². The third-order valence-electron chi connectivity index (χ3n) is 5.91. The van der Waals surface area contributed by atoms with Gasteiger partial charge in [-0.15, -0.1) is 24.0 Å². The van der Waals surface area contributed by atoms with Crippen LogP contribution in [-0.2, 0) is 5.41 Å². The van der Waals surface area contributed by atoms with Gasteiger partial charge in [-0.05, 0) is 37.0 Å². The predicted molar refractivity (Wildman–Crippen MR) is 115 cm³/mol. The number of benzene rings is 1. The van der Waals surface area contributed by atoms with Crippen molar-refractivity contribution in [1.29, 1.82) is 0 Å². The number of guanidine groups is 1. The average Bonchev–Trinajstić information content (AvgIpc) is 3.02. The van der Waals surface area contributed by atoms with Crippen molar-refractivity contribution in [2.45, 2.75) is 30.7 Å². The summed E-state index contributed by atoms with van der Waals surface area (Å²) in [5.74, 6) is 0.840. The minimum atomic E-state index is -0.144. The van der Waals surface area contributed by atoms with Crippen LogP contribution in [0.2, 0.25) is 0 Å². The van der Waals surface area contributed by atoms with E-state index < -0.39 is 0 Å². The number of likely N-dealkylation sites (tertiary alicyclic amines) is 1. The van der Waals surface area contributed by atoms with Crippen LogP contribution in [0.3, 0.4) is 0 Å². The maximum atomic E-state index is 13.6. The molecule has 0 aromatic heterocycles. The van der Waals surface area contributed by atoms with Crippen LogP contribution in [0, 0.1) is 5.82 Å². The monoisotopic (exact) mass is 470 g/mol. The van der Waals surface area contributed by atoms with Gasteiger partial charge in [0.2, 0.25) is 0 Å². The van der Waals surface area contributed by atoms with Gasteiger partial charge in [0.15, 0.2) is 5.96 Å². The fraction of sp³-hybridized carbons (Fsp3) is 0.550. The van der Waals surface area contributed by atoms with Gasteiger partial charge in [-0.25, -0.2) is 4.39 Å². The molecule has 6 heteroatoms. The highest BCUT2D eigenvalue weighted by molar-refractivity contribution is 14.0. The summed E-state index contributed by atoms with van der Waals surface area (Å²) in [7, 11) is 1.86. The maximum Gasteiger partial charge on any atom is 0.193 e. The zero-order valence-electron chi connectivity index (χ0n) is 15.3. The van der Waals surface area contributed by atoms with Gasteiger partial charge >= 0.3 is 0 Å². The second kappa shape index (κ2) is 8.25. The van der Waals surface area contributed by atoms with E-state index in [1.807, 2.05) is 19.2 Å². The van der Waals surface area contributed by atoms with Crippen molar-refractivity contribution in [3.63, 3.8) is 0 Å². The van der Waals surface area contributed by atoms with E-state index in [-0.39, 0.29) is 35.2 Å². The first kappa shape index (κ1) is 19.6. The molecule has 1 saturated heterocycles. The first-order valence-electron chi connectivity index (χ1n) is 9.31. The first-order valence-corrected chi connectivity index (χ1v) is 9.31. The molecule has 3 aliphatic rings. The molecule has 2 fully saturated rings. The third-order valence-corrected chi connectivity index (χ3v) is 5.91. The van der Waals surface area contributed by atoms with Crippen molar-refractivity contribution in [2.24, 2.45) is 4.99 Å². The van der Waals surface area contributed by atoms with Crippen molar-refractivity contribution < 1.29 is 4.39 Å². The highest BCUT2D eigenvalue weighted by Gasteiger charge is 2.44. The molecule has 1 aromatic rings. The summed E-state index contributed by atoms with van der Waals surface area (Å²) in [5, 5.41) is 3.56. The molecular formula is C20H28FIN4. The number of hydrogen-bond donors (Lipinski definition) is 1. The van der Waals surface area contributed by atoms with Crippen LogP contribution < -0.4 is 5.32 Å². The lowest BCUT2D eigenvalue weighted by atomic mass is 9.96. The third kappa shape index (κ3) is 4.06. The Balaban J connectivity index is 0.00000196. The predicted octanol–water partition coefficient (Wildman–Crippen LogP) is 3.00. The second-order valence-corrected chi connectivity index (χ2v) is 7.51. The minimum absolute atomic E-state index is 0. The van der Waals surface area contributed by atoms with Gasteiger partial charge in [0.05, 0.1) is 0 Å². The standard InChI is InChI=1S/C20H27FN4.HI/c1-22-19(25-12-7-18(14-25)24-10-2-3-11-24)23-15-20(8-9-20)16-5-4-6-17(21)13-16;/h2-6,13,18H,7-12,14-15H2,1H3,(H,22,23);1H. The van der Waals surface area contributed by atoms with Crippen molar-refractivity contribution in [1.82, 2.24) is 15.1 Å². The van der Waals surface area contributed by atoms with Gasteiger partial charge < -0.3 is 10.2 Å². The highest BCUT2D eigenvalue weighted by Crippen LogP contribution is 2.47. The Bertz CT molecular complexity index is 678. The summed E-state index contributed by atoms with van der Waals surface area (Å²) in [6.45, 7) is 5.07. The molecule has 0 amide bonds. The summed E-state index contributed by atoms with van der Waals surface area (Å²) < 4.78 is 13.6. The smallest absolute Gasteiger partial charge is 0.193 e. The van der Waals surface area contributed by atoms with Crippen LogP contribution in [-0.4, -0.2) is 61.6 Å². The van der Waals surface area contributed by atoms with E-state index >= 15 is 0 Å². The molecule has 0 spiro atoms. The Morgan fingerprint density at radius 3 is 2.73 bits per heavy atom. The van der Waals surface area contributed by atoms with Crippen LogP contribution >= 0.6 is 24.0 Å². The van der Waals surface area contributed by atoms with Crippen LogP contribution in [0.25, 0.3) is 0 Å². The number of aliphatic imine (C=N–C) groups is 1. The Labute approximate surface area is 172 Å². The SMILES string of the molecule is CN=C(NCC1(c2cccc(F)c2)CC1)N1CCC(N2CC=CC2)C1.I. The summed E-state index contributed by atoms with van der Waals surface area (Å²) in [5.41, 5.74) is 1.19. The molecule has 2 aliphatic heterocycles. The molecule has 4 rings (SSSR count). The second-order valence-electron chi connectivity index (χ2n) is 7.51. The lowest BCUT2D eigenvalue weighted by Gasteiger charge is -2.26. The molecule has 0 radical (unpaired) electrons. The summed E-state index contributed by atoms with van der Waals surface area (Å²) in [6, 6.07) is 7.68. The van der Waals surface area contributed by atoms with Crippen LogP contribution in [0.5, 0.6) is 0 Å². The van der Waals surface area contributed by atoms with Crippen molar-refractivity contribution in [3.8, 4) is 0 Å². The Morgan fingerprint density at radius 2 is 2.08 bits per heavy atom. The normalized spacial score (nSPS) is 24.6. The lowest BCUT2D eigenvalue weighted by Crippen LogP contribution is -2.45. The largest absolute Gasteiger partial charge is 0.355 e. The fourth-order valence-corrected chi connectivity index (χ4v) is 4.14. The molecule has 1 aromatic carbocycles. The summed E-state index contributed by atoms with van der Waals surface area (Å²) in [6.07, 6.45) is 7.93. The number of nitrogens with zero attached hydrogens (tertiary/aromatic N) is 3. The molecule has 1 saturated carbocycles. The van der Waals surface area contributed by atoms with Gasteiger partial charge in [-0.1, -0.05) is 24.3 Å². The Kier molecular flexibility index (Phi) is 6.22. The Hall–Kier alpha value is -1.15. The van der Waals surface area contributed by atoms with E-state index in [1.165, 1.54) is 12.5 Å². The number of nitrogens with one attached hydrogen (secondary N) is 1. The molecule has 142 valence electrons. The van der Waals surface area contributed by atoms with Crippen LogP contribution in [0.15, 0.2) is 41.4 Å². The van der Waals surface area contributed by atoms with Gasteiger partial charge in [0.1, 0.15) is 5.82 Å². The first-order chi connectivity index (χ1) is 12.2. The molecule has 1 unspecified atom stereocenters. The number of rotatable bonds is 4. The molecule has 1 atom stereocenters. The average molecular weight is 470 g/mol. The van der Waals surface area contributed by atoms with E-state index in [2.05, 4.69) is 32.3 Å². The number of halogens is 2. The number of hydrogen-bond acceptors (Lipinski definition) is 2. The van der Waals surface area contributed by atoms with E-state index in [4.69, 9.17) is 0 Å².